The number of aliphatic hydroxyl groups is 1. The zero-order valence-electron chi connectivity index (χ0n) is 8.45. The lowest BCUT2D eigenvalue weighted by Gasteiger charge is -2.09. The summed E-state index contributed by atoms with van der Waals surface area (Å²) >= 11 is 0. The standard InChI is InChI=1S/C4H12O3Si.C4H6O/c1-6-4(7-2)8-3-5;1-4(2)3-5/h4-5H,3,8H2,1-2H3;3H,1H2,2H3. The number of methoxy groups -OCH3 is 2. The van der Waals surface area contributed by atoms with Crippen LogP contribution in [0.4, 0.5) is 0 Å². The van der Waals surface area contributed by atoms with Crippen LogP contribution < -0.4 is 0 Å². The minimum absolute atomic E-state index is 0.111. The predicted molar refractivity (Wildman–Crippen MR) is 54.3 cm³/mol. The van der Waals surface area contributed by atoms with E-state index in [1.165, 1.54) is 0 Å². The summed E-state index contributed by atoms with van der Waals surface area (Å²) in [7, 11) is 2.61. The molecule has 13 heavy (non-hydrogen) atoms. The van der Waals surface area contributed by atoms with Crippen molar-refractivity contribution < 1.29 is 19.4 Å². The molecule has 0 atom stereocenters. The maximum absolute atomic E-state index is 9.41. The predicted octanol–water partition coefficient (Wildman–Crippen LogP) is -0.557. The molecule has 0 unspecified atom stereocenters. The lowest BCUT2D eigenvalue weighted by atomic mass is 10.4. The molecule has 0 saturated heterocycles. The highest BCUT2D eigenvalue weighted by molar-refractivity contribution is 6.36. The lowest BCUT2D eigenvalue weighted by molar-refractivity contribution is -0.104. The summed E-state index contributed by atoms with van der Waals surface area (Å²) in [5, 5.41) is 8.40. The van der Waals surface area contributed by atoms with E-state index in [1.807, 2.05) is 0 Å². The van der Waals surface area contributed by atoms with Crippen molar-refractivity contribution in [3.05, 3.63) is 12.2 Å². The smallest absolute Gasteiger partial charge is 0.145 e. The van der Waals surface area contributed by atoms with Gasteiger partial charge in [0.1, 0.15) is 21.7 Å². The summed E-state index contributed by atoms with van der Waals surface area (Å²) < 4.78 is 9.64. The molecular weight excluding hydrogens is 188 g/mol. The zero-order chi connectivity index (χ0) is 10.7. The Hall–Kier alpha value is -0.493. The minimum Gasteiger partial charge on any atom is -0.400 e. The van der Waals surface area contributed by atoms with Crippen molar-refractivity contribution >= 4 is 15.8 Å². The molecule has 0 aromatic heterocycles. The number of ether oxygens (including phenoxy) is 2. The monoisotopic (exact) mass is 206 g/mol. The van der Waals surface area contributed by atoms with E-state index < -0.39 is 9.52 Å². The average Bonchev–Trinajstić information content (AvgIpc) is 2.15. The van der Waals surface area contributed by atoms with Crippen LogP contribution in [0.2, 0.25) is 0 Å². The third-order valence-corrected chi connectivity index (χ3v) is 2.49. The maximum atomic E-state index is 9.41. The minimum atomic E-state index is -0.553. The third kappa shape index (κ3) is 14.4. The van der Waals surface area contributed by atoms with Crippen LogP contribution in [-0.2, 0) is 14.3 Å². The molecule has 1 N–H and O–H groups in total. The van der Waals surface area contributed by atoms with E-state index in [-0.39, 0.29) is 12.1 Å². The van der Waals surface area contributed by atoms with Crippen molar-refractivity contribution in [2.24, 2.45) is 0 Å². The zero-order valence-corrected chi connectivity index (χ0v) is 9.86. The van der Waals surface area contributed by atoms with Gasteiger partial charge < -0.3 is 14.6 Å². The van der Waals surface area contributed by atoms with Gasteiger partial charge >= 0.3 is 0 Å². The Bertz CT molecular complexity index is 134. The molecule has 0 saturated carbocycles. The van der Waals surface area contributed by atoms with E-state index in [4.69, 9.17) is 14.6 Å². The number of aliphatic hydroxyl groups excluding tert-OH is 1. The van der Waals surface area contributed by atoms with E-state index in [9.17, 15) is 4.79 Å². The van der Waals surface area contributed by atoms with Gasteiger partial charge in [-0.1, -0.05) is 6.58 Å². The van der Waals surface area contributed by atoms with Crippen molar-refractivity contribution in [3.63, 3.8) is 0 Å². The van der Waals surface area contributed by atoms with E-state index in [2.05, 4.69) is 6.58 Å². The molecule has 0 heterocycles. The van der Waals surface area contributed by atoms with Crippen molar-refractivity contribution in [1.82, 2.24) is 0 Å². The highest BCUT2D eigenvalue weighted by Crippen LogP contribution is 1.84. The van der Waals surface area contributed by atoms with Crippen LogP contribution in [0.1, 0.15) is 6.92 Å². The highest BCUT2D eigenvalue weighted by atomic mass is 28.2. The molecule has 0 amide bonds. The molecule has 0 fully saturated rings. The number of allylic oxidation sites excluding steroid dienone is 1. The van der Waals surface area contributed by atoms with E-state index in [1.54, 1.807) is 21.1 Å². The fourth-order valence-electron chi connectivity index (χ4n) is 0.437. The largest absolute Gasteiger partial charge is 0.400 e. The van der Waals surface area contributed by atoms with Gasteiger partial charge in [0.15, 0.2) is 0 Å². The van der Waals surface area contributed by atoms with E-state index in [0.29, 0.717) is 5.57 Å². The maximum Gasteiger partial charge on any atom is 0.145 e. The normalized spacial score (nSPS) is 9.92. The first-order valence-corrected chi connectivity index (χ1v) is 5.71. The molecule has 0 rings (SSSR count). The van der Waals surface area contributed by atoms with Crippen LogP contribution in [0.15, 0.2) is 12.2 Å². The molecule has 0 radical (unpaired) electrons. The third-order valence-electron chi connectivity index (χ3n) is 1.09. The number of carbonyl (C=O) groups is 1. The van der Waals surface area contributed by atoms with Gasteiger partial charge in [0, 0.05) is 20.4 Å². The van der Waals surface area contributed by atoms with Crippen LogP contribution in [0, 0.1) is 0 Å². The first-order valence-electron chi connectivity index (χ1n) is 3.89. The average molecular weight is 206 g/mol. The molecular formula is C8H18O4Si. The van der Waals surface area contributed by atoms with Gasteiger partial charge in [-0.15, -0.1) is 0 Å². The Morgan fingerprint density at radius 1 is 1.62 bits per heavy atom. The van der Waals surface area contributed by atoms with Gasteiger partial charge in [-0.25, -0.2) is 0 Å². The van der Waals surface area contributed by atoms with Gasteiger partial charge in [0.25, 0.3) is 0 Å². The van der Waals surface area contributed by atoms with Crippen LogP contribution in [0.3, 0.4) is 0 Å². The quantitative estimate of drug-likeness (QED) is 0.284. The molecule has 78 valence electrons. The van der Waals surface area contributed by atoms with Gasteiger partial charge in [-0.3, -0.25) is 4.79 Å². The fraction of sp³-hybridized carbons (Fsp3) is 0.625. The topological polar surface area (TPSA) is 55.8 Å². The number of carbonyl (C=O) groups excluding carboxylic acids is 1. The fourth-order valence-corrected chi connectivity index (χ4v) is 1.12. The number of aldehydes is 1. The van der Waals surface area contributed by atoms with E-state index in [0.717, 1.165) is 6.29 Å². The first kappa shape index (κ1) is 15.0. The second-order valence-electron chi connectivity index (χ2n) is 2.38. The summed E-state index contributed by atoms with van der Waals surface area (Å²) in [6.45, 7) is 4.97. The summed E-state index contributed by atoms with van der Waals surface area (Å²) in [6.07, 6.45) is 0.965. The van der Waals surface area contributed by atoms with Crippen molar-refractivity contribution in [3.8, 4) is 0 Å². The van der Waals surface area contributed by atoms with Gasteiger partial charge in [0.2, 0.25) is 0 Å². The Balaban J connectivity index is 0. The number of rotatable bonds is 5. The molecule has 4 nitrogen and oxygen atoms in total. The Morgan fingerprint density at radius 2 is 2.00 bits per heavy atom. The van der Waals surface area contributed by atoms with Crippen LogP contribution >= 0.6 is 0 Å². The molecule has 0 aliphatic rings. The summed E-state index contributed by atoms with van der Waals surface area (Å²) in [5.74, 6) is -0.111. The van der Waals surface area contributed by atoms with Gasteiger partial charge in [-0.2, -0.15) is 0 Å². The van der Waals surface area contributed by atoms with Gasteiger partial charge in [-0.05, 0) is 12.5 Å². The molecule has 0 spiro atoms. The highest BCUT2D eigenvalue weighted by Gasteiger charge is 2.01. The van der Waals surface area contributed by atoms with Gasteiger partial charge in [0.05, 0.1) is 0 Å². The van der Waals surface area contributed by atoms with Crippen LogP contribution in [0.5, 0.6) is 0 Å². The summed E-state index contributed by atoms with van der Waals surface area (Å²) in [6, 6.07) is 0. The number of hydrogen-bond acceptors (Lipinski definition) is 4. The molecule has 0 aliphatic heterocycles. The van der Waals surface area contributed by atoms with Crippen molar-refractivity contribution in [1.29, 1.82) is 0 Å². The van der Waals surface area contributed by atoms with Crippen LogP contribution in [0.25, 0.3) is 0 Å². The first-order chi connectivity index (χ1) is 6.12. The Morgan fingerprint density at radius 3 is 2.08 bits per heavy atom. The molecule has 0 bridgehead atoms. The summed E-state index contributed by atoms with van der Waals surface area (Å²) in [5.41, 5.74) is 0.574. The Labute approximate surface area is 81.4 Å². The number of hydrogen-bond donors (Lipinski definition) is 1. The summed E-state index contributed by atoms with van der Waals surface area (Å²) in [4.78, 5) is 9.41. The van der Waals surface area contributed by atoms with E-state index >= 15 is 0 Å². The van der Waals surface area contributed by atoms with Crippen LogP contribution in [-0.4, -0.2) is 47.3 Å². The second kappa shape index (κ2) is 11.5. The molecule has 5 heteroatoms. The SMILES string of the molecule is C=C(C)C=O.COC(OC)[SiH2]CO. The molecule has 0 aromatic rings. The van der Waals surface area contributed by atoms with Crippen molar-refractivity contribution in [2.75, 3.05) is 20.4 Å². The second-order valence-corrected chi connectivity index (χ2v) is 4.07. The van der Waals surface area contributed by atoms with Crippen molar-refractivity contribution in [2.45, 2.75) is 12.8 Å². The Kier molecular flexibility index (Phi) is 13.3. The molecule has 0 aromatic carbocycles. The lowest BCUT2D eigenvalue weighted by Crippen LogP contribution is -2.23. The molecule has 0 aliphatic carbocycles.